The number of rotatable bonds is 6. The monoisotopic (exact) mass is 316 g/mol. The first-order chi connectivity index (χ1) is 11.0. The van der Waals surface area contributed by atoms with Crippen molar-refractivity contribution in [3.05, 3.63) is 63.3 Å². The third kappa shape index (κ3) is 4.03. The molecule has 0 unspecified atom stereocenters. The van der Waals surface area contributed by atoms with Gasteiger partial charge in [-0.1, -0.05) is 30.3 Å². The summed E-state index contributed by atoms with van der Waals surface area (Å²) in [6, 6.07) is 10.5. The van der Waals surface area contributed by atoms with Gasteiger partial charge in [-0.25, -0.2) is 9.78 Å². The number of ether oxygens (including phenoxy) is 2. The van der Waals surface area contributed by atoms with Crippen LogP contribution in [0.4, 0.5) is 5.69 Å². The first kappa shape index (κ1) is 16.4. The van der Waals surface area contributed by atoms with Gasteiger partial charge >= 0.3 is 11.7 Å². The van der Waals surface area contributed by atoms with Gasteiger partial charge < -0.3 is 9.47 Å². The van der Waals surface area contributed by atoms with Gasteiger partial charge in [-0.3, -0.25) is 10.1 Å². The first-order valence-corrected chi connectivity index (χ1v) is 7.02. The molecule has 0 radical (unpaired) electrons. The van der Waals surface area contributed by atoms with Crippen LogP contribution >= 0.6 is 0 Å². The molecule has 0 aliphatic carbocycles. The van der Waals surface area contributed by atoms with Crippen molar-refractivity contribution in [1.29, 1.82) is 0 Å². The summed E-state index contributed by atoms with van der Waals surface area (Å²) in [5.41, 5.74) is 0.627. The van der Waals surface area contributed by atoms with Gasteiger partial charge in [0, 0.05) is 5.69 Å². The molecule has 0 bridgehead atoms. The molecule has 0 saturated carbocycles. The third-order valence-electron chi connectivity index (χ3n) is 2.99. The van der Waals surface area contributed by atoms with Crippen LogP contribution in [0, 0.1) is 17.0 Å². The zero-order valence-electron chi connectivity index (χ0n) is 12.8. The number of hydrogen-bond donors (Lipinski definition) is 0. The third-order valence-corrected chi connectivity index (χ3v) is 2.99. The van der Waals surface area contributed by atoms with Crippen LogP contribution in [0.15, 0.2) is 36.4 Å². The Kier molecular flexibility index (Phi) is 5.24. The Morgan fingerprint density at radius 2 is 2.00 bits per heavy atom. The normalized spacial score (nSPS) is 10.2. The standard InChI is InChI=1S/C16H16N2O5/c1-3-22-16(19)13-9-11(2)17-15(14(13)18(20)21)23-10-12-7-5-4-6-8-12/h4-9H,3,10H2,1-2H3. The summed E-state index contributed by atoms with van der Waals surface area (Å²) < 4.78 is 10.3. The number of pyridine rings is 1. The maximum Gasteiger partial charge on any atom is 0.345 e. The van der Waals surface area contributed by atoms with E-state index >= 15 is 0 Å². The highest BCUT2D eigenvalue weighted by molar-refractivity contribution is 5.95. The summed E-state index contributed by atoms with van der Waals surface area (Å²) in [6.45, 7) is 3.49. The van der Waals surface area contributed by atoms with Gasteiger partial charge in [0.15, 0.2) is 0 Å². The molecule has 0 spiro atoms. The lowest BCUT2D eigenvalue weighted by molar-refractivity contribution is -0.386. The Hall–Kier alpha value is -2.96. The van der Waals surface area contributed by atoms with Crippen LogP contribution in [-0.4, -0.2) is 22.5 Å². The number of hydrogen-bond acceptors (Lipinski definition) is 6. The number of carbonyl (C=O) groups is 1. The molecule has 23 heavy (non-hydrogen) atoms. The van der Waals surface area contributed by atoms with E-state index < -0.39 is 16.6 Å². The summed E-state index contributed by atoms with van der Waals surface area (Å²) in [7, 11) is 0. The van der Waals surface area contributed by atoms with E-state index in [1.165, 1.54) is 6.07 Å². The molecule has 1 heterocycles. The molecule has 0 N–H and O–H groups in total. The fraction of sp³-hybridized carbons (Fsp3) is 0.250. The Labute approximate surface area is 133 Å². The summed E-state index contributed by atoms with van der Waals surface area (Å²) in [4.78, 5) is 26.6. The van der Waals surface area contributed by atoms with Gasteiger partial charge in [-0.2, -0.15) is 0 Å². The van der Waals surface area contributed by atoms with Crippen molar-refractivity contribution >= 4 is 11.7 Å². The van der Waals surface area contributed by atoms with Crippen LogP contribution in [-0.2, 0) is 11.3 Å². The molecule has 1 aromatic heterocycles. The van der Waals surface area contributed by atoms with Gasteiger partial charge in [-0.15, -0.1) is 0 Å². The number of esters is 1. The molecular formula is C16H16N2O5. The molecule has 2 aromatic rings. The molecular weight excluding hydrogens is 300 g/mol. The highest BCUT2D eigenvalue weighted by Crippen LogP contribution is 2.31. The van der Waals surface area contributed by atoms with E-state index in [4.69, 9.17) is 9.47 Å². The fourth-order valence-corrected chi connectivity index (χ4v) is 2.01. The number of benzene rings is 1. The Morgan fingerprint density at radius 1 is 1.30 bits per heavy atom. The molecule has 0 fully saturated rings. The number of carbonyl (C=O) groups excluding carboxylic acids is 1. The van der Waals surface area contributed by atoms with Crippen LogP contribution < -0.4 is 4.74 Å². The van der Waals surface area contributed by atoms with Crippen LogP contribution in [0.25, 0.3) is 0 Å². The lowest BCUT2D eigenvalue weighted by Crippen LogP contribution is -2.11. The average molecular weight is 316 g/mol. The van der Waals surface area contributed by atoms with Crippen LogP contribution in [0.1, 0.15) is 28.5 Å². The first-order valence-electron chi connectivity index (χ1n) is 7.02. The minimum absolute atomic E-state index is 0.112. The minimum atomic E-state index is -0.769. The Morgan fingerprint density at radius 3 is 2.61 bits per heavy atom. The SMILES string of the molecule is CCOC(=O)c1cc(C)nc(OCc2ccccc2)c1[N+](=O)[O-]. The number of nitro groups is 1. The van der Waals surface area contributed by atoms with Crippen molar-refractivity contribution in [2.24, 2.45) is 0 Å². The molecule has 2 rings (SSSR count). The van der Waals surface area contributed by atoms with E-state index in [0.29, 0.717) is 5.69 Å². The molecule has 7 nitrogen and oxygen atoms in total. The smallest absolute Gasteiger partial charge is 0.345 e. The Balaban J connectivity index is 2.37. The zero-order chi connectivity index (χ0) is 16.8. The van der Waals surface area contributed by atoms with Gasteiger partial charge in [0.25, 0.3) is 5.88 Å². The van der Waals surface area contributed by atoms with Crippen LogP contribution in [0.2, 0.25) is 0 Å². The summed E-state index contributed by atoms with van der Waals surface area (Å²) in [5.74, 6) is -0.962. The number of aryl methyl sites for hydroxylation is 1. The lowest BCUT2D eigenvalue weighted by Gasteiger charge is -2.10. The molecule has 120 valence electrons. The van der Waals surface area contributed by atoms with E-state index in [1.807, 2.05) is 30.3 Å². The van der Waals surface area contributed by atoms with Gasteiger partial charge in [0.2, 0.25) is 0 Å². The summed E-state index contributed by atoms with van der Waals surface area (Å²) in [5, 5.41) is 11.4. The number of nitrogens with zero attached hydrogens (tertiary/aromatic N) is 2. The second-order valence-corrected chi connectivity index (χ2v) is 4.72. The average Bonchev–Trinajstić information content (AvgIpc) is 2.53. The van der Waals surface area contributed by atoms with Crippen molar-refractivity contribution < 1.29 is 19.2 Å². The van der Waals surface area contributed by atoms with Gasteiger partial charge in [-0.05, 0) is 25.5 Å². The maximum atomic E-state index is 11.9. The van der Waals surface area contributed by atoms with E-state index in [2.05, 4.69) is 4.98 Å². The fourth-order valence-electron chi connectivity index (χ4n) is 2.01. The maximum absolute atomic E-state index is 11.9. The second kappa shape index (κ2) is 7.35. The Bertz CT molecular complexity index is 716. The van der Waals surface area contributed by atoms with Gasteiger partial charge in [0.1, 0.15) is 12.2 Å². The number of aromatic nitrogens is 1. The highest BCUT2D eigenvalue weighted by Gasteiger charge is 2.29. The van der Waals surface area contributed by atoms with Crippen LogP contribution in [0.5, 0.6) is 5.88 Å². The molecule has 0 aliphatic rings. The van der Waals surface area contributed by atoms with E-state index in [1.54, 1.807) is 13.8 Å². The largest absolute Gasteiger partial charge is 0.468 e. The predicted octanol–water partition coefficient (Wildman–Crippen LogP) is 3.05. The van der Waals surface area contributed by atoms with Crippen molar-refractivity contribution in [2.45, 2.75) is 20.5 Å². The van der Waals surface area contributed by atoms with Crippen molar-refractivity contribution in [3.8, 4) is 5.88 Å². The zero-order valence-corrected chi connectivity index (χ0v) is 12.8. The van der Waals surface area contributed by atoms with Crippen molar-refractivity contribution in [2.75, 3.05) is 6.61 Å². The van der Waals surface area contributed by atoms with Crippen LogP contribution in [0.3, 0.4) is 0 Å². The van der Waals surface area contributed by atoms with E-state index in [-0.39, 0.29) is 24.7 Å². The molecule has 0 aliphatic heterocycles. The van der Waals surface area contributed by atoms with E-state index in [9.17, 15) is 14.9 Å². The molecule has 1 aromatic carbocycles. The summed E-state index contributed by atoms with van der Waals surface area (Å²) >= 11 is 0. The topological polar surface area (TPSA) is 91.6 Å². The second-order valence-electron chi connectivity index (χ2n) is 4.72. The molecule has 0 atom stereocenters. The molecule has 0 amide bonds. The quantitative estimate of drug-likeness (QED) is 0.462. The molecule has 0 saturated heterocycles. The lowest BCUT2D eigenvalue weighted by atomic mass is 10.2. The minimum Gasteiger partial charge on any atom is -0.468 e. The summed E-state index contributed by atoms with van der Waals surface area (Å²) in [6.07, 6.45) is 0. The van der Waals surface area contributed by atoms with Gasteiger partial charge in [0.05, 0.1) is 11.5 Å². The van der Waals surface area contributed by atoms with E-state index in [0.717, 1.165) is 5.56 Å². The van der Waals surface area contributed by atoms with Crippen molar-refractivity contribution in [1.82, 2.24) is 4.98 Å². The highest BCUT2D eigenvalue weighted by atomic mass is 16.6. The predicted molar refractivity (Wildman–Crippen MR) is 82.4 cm³/mol. The van der Waals surface area contributed by atoms with Crippen molar-refractivity contribution in [3.63, 3.8) is 0 Å². The molecule has 7 heteroatoms.